The topological polar surface area (TPSA) is 12.0 Å². The molecule has 1 nitrogen and oxygen atoms in total. The molecule has 2 rings (SSSR count). The zero-order chi connectivity index (χ0) is 13.7. The number of halogens is 2. The quantitative estimate of drug-likeness (QED) is 0.843. The summed E-state index contributed by atoms with van der Waals surface area (Å²) < 4.78 is 15.0. The molecule has 2 aromatic carbocycles. The predicted octanol–water partition coefficient (Wildman–Crippen LogP) is 4.68. The molecule has 0 spiro atoms. The van der Waals surface area contributed by atoms with Crippen LogP contribution in [0.1, 0.15) is 30.5 Å². The zero-order valence-electron chi connectivity index (χ0n) is 10.9. The van der Waals surface area contributed by atoms with Crippen molar-refractivity contribution in [3.8, 4) is 0 Å². The highest BCUT2D eigenvalue weighted by molar-refractivity contribution is 9.10. The van der Waals surface area contributed by atoms with Crippen molar-refractivity contribution in [2.24, 2.45) is 0 Å². The molecule has 2 aromatic rings. The highest BCUT2D eigenvalue weighted by Crippen LogP contribution is 2.26. The predicted molar refractivity (Wildman–Crippen MR) is 80.7 cm³/mol. The highest BCUT2D eigenvalue weighted by Gasteiger charge is 2.16. The Bertz CT molecular complexity index is 542. The average Bonchev–Trinajstić information content (AvgIpc) is 2.41. The maximum absolute atomic E-state index is 14.0. The van der Waals surface area contributed by atoms with Crippen molar-refractivity contribution >= 4 is 15.9 Å². The van der Waals surface area contributed by atoms with E-state index in [-0.39, 0.29) is 11.9 Å². The van der Waals surface area contributed by atoms with E-state index in [2.05, 4.69) is 28.2 Å². The molecule has 0 saturated carbocycles. The summed E-state index contributed by atoms with van der Waals surface area (Å²) in [5, 5.41) is 3.41. The first-order valence-corrected chi connectivity index (χ1v) is 7.25. The fourth-order valence-electron chi connectivity index (χ4n) is 2.09. The molecule has 0 bridgehead atoms. The molecule has 0 radical (unpaired) electrons. The summed E-state index contributed by atoms with van der Waals surface area (Å²) >= 11 is 3.47. The van der Waals surface area contributed by atoms with Crippen LogP contribution in [-0.4, -0.2) is 6.54 Å². The monoisotopic (exact) mass is 321 g/mol. The number of nitrogens with one attached hydrogen (secondary N) is 1. The van der Waals surface area contributed by atoms with Crippen LogP contribution < -0.4 is 5.32 Å². The molecule has 3 heteroatoms. The Morgan fingerprint density at radius 2 is 1.95 bits per heavy atom. The van der Waals surface area contributed by atoms with Gasteiger partial charge in [-0.05, 0) is 36.7 Å². The molecule has 1 atom stereocenters. The highest BCUT2D eigenvalue weighted by atomic mass is 79.9. The van der Waals surface area contributed by atoms with Crippen LogP contribution in [0, 0.1) is 5.82 Å². The Hall–Kier alpha value is -1.19. The lowest BCUT2D eigenvalue weighted by Crippen LogP contribution is -2.24. The van der Waals surface area contributed by atoms with E-state index in [1.807, 2.05) is 36.4 Å². The summed E-state index contributed by atoms with van der Waals surface area (Å²) in [6.45, 7) is 2.96. The molecule has 0 amide bonds. The van der Waals surface area contributed by atoms with E-state index in [0.717, 1.165) is 23.0 Å². The minimum absolute atomic E-state index is 0.112. The summed E-state index contributed by atoms with van der Waals surface area (Å²) in [6.07, 6.45) is 1.01. The lowest BCUT2D eigenvalue weighted by molar-refractivity contribution is 0.546. The summed E-state index contributed by atoms with van der Waals surface area (Å²) in [5.74, 6) is -0.170. The van der Waals surface area contributed by atoms with Gasteiger partial charge in [-0.1, -0.05) is 53.2 Å². The van der Waals surface area contributed by atoms with Gasteiger partial charge < -0.3 is 5.32 Å². The minimum Gasteiger partial charge on any atom is -0.306 e. The van der Waals surface area contributed by atoms with Crippen molar-refractivity contribution in [2.45, 2.75) is 19.4 Å². The van der Waals surface area contributed by atoms with Crippen LogP contribution in [0.5, 0.6) is 0 Å². The van der Waals surface area contributed by atoms with E-state index in [1.54, 1.807) is 6.07 Å². The van der Waals surface area contributed by atoms with Crippen LogP contribution in [0.3, 0.4) is 0 Å². The van der Waals surface area contributed by atoms with Gasteiger partial charge in [0.15, 0.2) is 0 Å². The van der Waals surface area contributed by atoms with E-state index >= 15 is 0 Å². The molecule has 0 saturated heterocycles. The van der Waals surface area contributed by atoms with Crippen molar-refractivity contribution < 1.29 is 4.39 Å². The Kier molecular flexibility index (Phi) is 5.11. The molecule has 0 aromatic heterocycles. The number of benzene rings is 2. The van der Waals surface area contributed by atoms with Gasteiger partial charge in [0.1, 0.15) is 5.82 Å². The fraction of sp³-hybridized carbons (Fsp3) is 0.250. The van der Waals surface area contributed by atoms with Crippen LogP contribution in [0.15, 0.2) is 53.0 Å². The second-order valence-electron chi connectivity index (χ2n) is 4.46. The molecule has 0 fully saturated rings. The molecule has 0 heterocycles. The van der Waals surface area contributed by atoms with Gasteiger partial charge in [-0.15, -0.1) is 0 Å². The summed E-state index contributed by atoms with van der Waals surface area (Å²) in [5.41, 5.74) is 1.75. The summed E-state index contributed by atoms with van der Waals surface area (Å²) in [4.78, 5) is 0. The second kappa shape index (κ2) is 6.83. The first-order valence-electron chi connectivity index (χ1n) is 6.45. The molecule has 1 N–H and O–H groups in total. The Balaban J connectivity index is 2.38. The fourth-order valence-corrected chi connectivity index (χ4v) is 2.51. The van der Waals surface area contributed by atoms with Gasteiger partial charge in [-0.3, -0.25) is 0 Å². The smallest absolute Gasteiger partial charge is 0.128 e. The Morgan fingerprint density at radius 3 is 2.63 bits per heavy atom. The standard InChI is InChI=1S/C16H17BrFN/c1-2-10-19-16(12-6-5-7-13(17)11-12)14-8-3-4-9-15(14)18/h3-9,11,16,19H,2,10H2,1H3. The van der Waals surface area contributed by atoms with Crippen LogP contribution in [-0.2, 0) is 0 Å². The Labute approximate surface area is 122 Å². The van der Waals surface area contributed by atoms with E-state index in [4.69, 9.17) is 0 Å². The van der Waals surface area contributed by atoms with Crippen molar-refractivity contribution in [3.05, 3.63) is 69.9 Å². The molecule has 1 unspecified atom stereocenters. The van der Waals surface area contributed by atoms with Gasteiger partial charge in [0.05, 0.1) is 6.04 Å². The SMILES string of the molecule is CCCNC(c1cccc(Br)c1)c1ccccc1F. The van der Waals surface area contributed by atoms with Crippen molar-refractivity contribution in [2.75, 3.05) is 6.54 Å². The van der Waals surface area contributed by atoms with E-state index in [9.17, 15) is 4.39 Å². The molecule has 0 aliphatic rings. The maximum atomic E-state index is 14.0. The van der Waals surface area contributed by atoms with Gasteiger partial charge in [-0.2, -0.15) is 0 Å². The van der Waals surface area contributed by atoms with Crippen LogP contribution in [0.2, 0.25) is 0 Å². The third-order valence-corrected chi connectivity index (χ3v) is 3.49. The molecular weight excluding hydrogens is 305 g/mol. The van der Waals surface area contributed by atoms with Crippen LogP contribution in [0.25, 0.3) is 0 Å². The minimum atomic E-state index is -0.170. The molecule has 100 valence electrons. The van der Waals surface area contributed by atoms with Gasteiger partial charge in [-0.25, -0.2) is 4.39 Å². The van der Waals surface area contributed by atoms with Gasteiger partial charge >= 0.3 is 0 Å². The molecule has 0 aliphatic heterocycles. The first kappa shape index (κ1) is 14.2. The van der Waals surface area contributed by atoms with Crippen molar-refractivity contribution in [1.82, 2.24) is 5.32 Å². The maximum Gasteiger partial charge on any atom is 0.128 e. The van der Waals surface area contributed by atoms with Gasteiger partial charge in [0, 0.05) is 10.0 Å². The van der Waals surface area contributed by atoms with Crippen LogP contribution >= 0.6 is 15.9 Å². The average molecular weight is 322 g/mol. The Morgan fingerprint density at radius 1 is 1.16 bits per heavy atom. The molecule has 0 aliphatic carbocycles. The molecular formula is C16H17BrFN. The summed E-state index contributed by atoms with van der Waals surface area (Å²) in [7, 11) is 0. The molecule has 19 heavy (non-hydrogen) atoms. The largest absolute Gasteiger partial charge is 0.306 e. The third-order valence-electron chi connectivity index (χ3n) is 3.00. The van der Waals surface area contributed by atoms with E-state index < -0.39 is 0 Å². The van der Waals surface area contributed by atoms with E-state index in [1.165, 1.54) is 6.07 Å². The first-order chi connectivity index (χ1) is 9.22. The number of hydrogen-bond donors (Lipinski definition) is 1. The van der Waals surface area contributed by atoms with Gasteiger partial charge in [0.2, 0.25) is 0 Å². The van der Waals surface area contributed by atoms with Crippen molar-refractivity contribution in [3.63, 3.8) is 0 Å². The number of hydrogen-bond acceptors (Lipinski definition) is 1. The van der Waals surface area contributed by atoms with Crippen molar-refractivity contribution in [1.29, 1.82) is 0 Å². The lowest BCUT2D eigenvalue weighted by Gasteiger charge is -2.20. The zero-order valence-corrected chi connectivity index (χ0v) is 12.5. The number of rotatable bonds is 5. The third kappa shape index (κ3) is 3.64. The normalized spacial score (nSPS) is 12.4. The van der Waals surface area contributed by atoms with Crippen LogP contribution in [0.4, 0.5) is 4.39 Å². The van der Waals surface area contributed by atoms with E-state index in [0.29, 0.717) is 5.56 Å². The second-order valence-corrected chi connectivity index (χ2v) is 5.38. The van der Waals surface area contributed by atoms with Gasteiger partial charge in [0.25, 0.3) is 0 Å². The summed E-state index contributed by atoms with van der Waals surface area (Å²) in [6, 6.07) is 14.8. The lowest BCUT2D eigenvalue weighted by atomic mass is 9.98.